The van der Waals surface area contributed by atoms with Gasteiger partial charge in [0.1, 0.15) is 21.9 Å². The lowest BCUT2D eigenvalue weighted by Crippen LogP contribution is -2.21. The second kappa shape index (κ2) is 8.24. The number of pyridine rings is 1. The van der Waals surface area contributed by atoms with Gasteiger partial charge >= 0.3 is 6.18 Å². The summed E-state index contributed by atoms with van der Waals surface area (Å²) in [6, 6.07) is 9.17. The molecule has 164 valence electrons. The third-order valence-corrected chi connectivity index (χ3v) is 5.73. The topological polar surface area (TPSA) is 103 Å². The Bertz CT molecular complexity index is 1330. The van der Waals surface area contributed by atoms with E-state index in [-0.39, 0.29) is 32.9 Å². The van der Waals surface area contributed by atoms with Crippen molar-refractivity contribution in [3.63, 3.8) is 0 Å². The molecule has 0 bridgehead atoms. The standard InChI is InChI=1S/C20H13ClF3N5O2S/c21-11-7-26-29(8-11)9-14(30)28-16-15-12(10-4-2-1-3-5-10)6-13(20(22,23)24)27-19(15)32-17(16)18(25)31/h1-8H,9H2,(H2,25,31)(H,28,30). The third kappa shape index (κ3) is 4.30. The zero-order valence-corrected chi connectivity index (χ0v) is 17.6. The van der Waals surface area contributed by atoms with Gasteiger partial charge in [-0.05, 0) is 17.2 Å². The number of anilines is 1. The van der Waals surface area contributed by atoms with Crippen molar-refractivity contribution in [1.82, 2.24) is 14.8 Å². The van der Waals surface area contributed by atoms with Crippen molar-refractivity contribution >= 4 is 50.7 Å². The molecule has 3 heterocycles. The van der Waals surface area contributed by atoms with Gasteiger partial charge in [0.2, 0.25) is 5.91 Å². The predicted octanol–water partition coefficient (Wildman–Crippen LogP) is 4.57. The quantitative estimate of drug-likeness (QED) is 0.437. The van der Waals surface area contributed by atoms with Crippen LogP contribution in [0.4, 0.5) is 18.9 Å². The molecule has 0 atom stereocenters. The van der Waals surface area contributed by atoms with Crippen LogP contribution in [-0.4, -0.2) is 26.6 Å². The van der Waals surface area contributed by atoms with Crippen LogP contribution in [0, 0.1) is 0 Å². The van der Waals surface area contributed by atoms with Gasteiger partial charge in [-0.3, -0.25) is 14.3 Å². The highest BCUT2D eigenvalue weighted by atomic mass is 35.5. The molecule has 3 aromatic heterocycles. The number of thiophene rings is 1. The van der Waals surface area contributed by atoms with Crippen LogP contribution in [0.25, 0.3) is 21.3 Å². The van der Waals surface area contributed by atoms with Gasteiger partial charge in [0.05, 0.1) is 16.9 Å². The molecule has 4 aromatic rings. The number of amides is 2. The minimum Gasteiger partial charge on any atom is -0.365 e. The molecule has 0 aliphatic heterocycles. The largest absolute Gasteiger partial charge is 0.433 e. The van der Waals surface area contributed by atoms with E-state index in [1.54, 1.807) is 30.3 Å². The van der Waals surface area contributed by atoms with E-state index in [0.29, 0.717) is 21.9 Å². The fraction of sp³-hybridized carbons (Fsp3) is 0.100. The number of rotatable bonds is 5. The second-order valence-corrected chi connectivity index (χ2v) is 8.11. The molecule has 1 aromatic carbocycles. The SMILES string of the molecule is NC(=O)c1sc2nc(C(F)(F)F)cc(-c3ccccc3)c2c1NC(=O)Cn1cc(Cl)cn1. The van der Waals surface area contributed by atoms with Gasteiger partial charge in [0, 0.05) is 11.6 Å². The summed E-state index contributed by atoms with van der Waals surface area (Å²) in [4.78, 5) is 28.2. The van der Waals surface area contributed by atoms with Gasteiger partial charge in [-0.15, -0.1) is 11.3 Å². The van der Waals surface area contributed by atoms with Crippen molar-refractivity contribution in [2.75, 3.05) is 5.32 Å². The highest BCUT2D eigenvalue weighted by molar-refractivity contribution is 7.21. The number of halogens is 4. The van der Waals surface area contributed by atoms with Gasteiger partial charge in [-0.25, -0.2) is 4.98 Å². The zero-order chi connectivity index (χ0) is 23.0. The maximum Gasteiger partial charge on any atom is 0.433 e. The Morgan fingerprint density at radius 1 is 1.22 bits per heavy atom. The lowest BCUT2D eigenvalue weighted by molar-refractivity contribution is -0.140. The minimum atomic E-state index is -4.71. The first kappa shape index (κ1) is 21.8. The van der Waals surface area contributed by atoms with E-state index in [1.165, 1.54) is 17.1 Å². The molecule has 0 radical (unpaired) electrons. The van der Waals surface area contributed by atoms with Crippen LogP contribution in [0.5, 0.6) is 0 Å². The summed E-state index contributed by atoms with van der Waals surface area (Å²) in [5.41, 5.74) is 4.95. The molecule has 0 aliphatic carbocycles. The fourth-order valence-corrected chi connectivity index (χ4v) is 4.30. The van der Waals surface area contributed by atoms with Crippen LogP contribution in [0.3, 0.4) is 0 Å². The van der Waals surface area contributed by atoms with Crippen LogP contribution >= 0.6 is 22.9 Å². The molecule has 4 rings (SSSR count). The van der Waals surface area contributed by atoms with Crippen LogP contribution in [0.15, 0.2) is 48.8 Å². The fourth-order valence-electron chi connectivity index (χ4n) is 3.13. The summed E-state index contributed by atoms with van der Waals surface area (Å²) in [7, 11) is 0. The normalized spacial score (nSPS) is 11.6. The summed E-state index contributed by atoms with van der Waals surface area (Å²) in [5, 5.41) is 7.01. The minimum absolute atomic E-state index is 0.000769. The lowest BCUT2D eigenvalue weighted by Gasteiger charge is -2.12. The van der Waals surface area contributed by atoms with Crippen LogP contribution in [0.1, 0.15) is 15.4 Å². The first-order valence-corrected chi connectivity index (χ1v) is 10.2. The van der Waals surface area contributed by atoms with Crippen molar-refractivity contribution in [1.29, 1.82) is 0 Å². The number of hydrogen-bond donors (Lipinski definition) is 2. The Labute approximate surface area is 187 Å². The Hall–Kier alpha value is -3.44. The molecule has 0 fully saturated rings. The predicted molar refractivity (Wildman–Crippen MR) is 114 cm³/mol. The van der Waals surface area contributed by atoms with Gasteiger partial charge in [0.15, 0.2) is 0 Å². The average molecular weight is 480 g/mol. The zero-order valence-electron chi connectivity index (χ0n) is 16.0. The van der Waals surface area contributed by atoms with E-state index in [4.69, 9.17) is 17.3 Å². The van der Waals surface area contributed by atoms with Crippen LogP contribution in [0.2, 0.25) is 5.02 Å². The molecular weight excluding hydrogens is 467 g/mol. The van der Waals surface area contributed by atoms with E-state index >= 15 is 0 Å². The van der Waals surface area contributed by atoms with E-state index in [0.717, 1.165) is 6.07 Å². The summed E-state index contributed by atoms with van der Waals surface area (Å²) in [6.45, 7) is -0.239. The van der Waals surface area contributed by atoms with Crippen LogP contribution < -0.4 is 11.1 Å². The average Bonchev–Trinajstić information content (AvgIpc) is 3.30. The van der Waals surface area contributed by atoms with Crippen molar-refractivity contribution in [3.05, 3.63) is 64.4 Å². The molecule has 0 spiro atoms. The second-order valence-electron chi connectivity index (χ2n) is 6.67. The molecule has 12 heteroatoms. The molecule has 0 unspecified atom stereocenters. The highest BCUT2D eigenvalue weighted by Crippen LogP contribution is 2.43. The Kier molecular flexibility index (Phi) is 5.61. The molecule has 7 nitrogen and oxygen atoms in total. The molecule has 32 heavy (non-hydrogen) atoms. The summed E-state index contributed by atoms with van der Waals surface area (Å²) >= 11 is 6.48. The number of fused-ring (bicyclic) bond motifs is 1. The van der Waals surface area contributed by atoms with Gasteiger partial charge in [-0.2, -0.15) is 18.3 Å². The molecule has 3 N–H and O–H groups in total. The van der Waals surface area contributed by atoms with Crippen molar-refractivity contribution in [2.45, 2.75) is 12.7 Å². The van der Waals surface area contributed by atoms with Gasteiger partial charge < -0.3 is 11.1 Å². The number of alkyl halides is 3. The number of nitrogens with one attached hydrogen (secondary N) is 1. The van der Waals surface area contributed by atoms with E-state index < -0.39 is 23.7 Å². The maximum atomic E-state index is 13.5. The van der Waals surface area contributed by atoms with Crippen molar-refractivity contribution in [2.24, 2.45) is 5.73 Å². The number of carbonyl (C=O) groups is 2. The van der Waals surface area contributed by atoms with E-state index in [2.05, 4.69) is 15.4 Å². The summed E-state index contributed by atoms with van der Waals surface area (Å²) < 4.78 is 41.7. The number of benzene rings is 1. The third-order valence-electron chi connectivity index (χ3n) is 4.43. The Morgan fingerprint density at radius 2 is 1.94 bits per heavy atom. The number of primary amides is 1. The van der Waals surface area contributed by atoms with Gasteiger partial charge in [0.25, 0.3) is 5.91 Å². The lowest BCUT2D eigenvalue weighted by atomic mass is 10.0. The van der Waals surface area contributed by atoms with E-state index in [1.807, 2.05) is 0 Å². The number of nitrogens with two attached hydrogens (primary N) is 1. The van der Waals surface area contributed by atoms with Crippen LogP contribution in [-0.2, 0) is 17.5 Å². The first-order chi connectivity index (χ1) is 15.1. The van der Waals surface area contributed by atoms with E-state index in [9.17, 15) is 22.8 Å². The summed E-state index contributed by atoms with van der Waals surface area (Å²) in [6.07, 6.45) is -1.94. The molecule has 0 saturated carbocycles. The number of carbonyl (C=O) groups excluding carboxylic acids is 2. The molecule has 2 amide bonds. The number of hydrogen-bond acceptors (Lipinski definition) is 5. The molecular formula is C20H13ClF3N5O2S. The van der Waals surface area contributed by atoms with Crippen molar-refractivity contribution in [3.8, 4) is 11.1 Å². The molecule has 0 saturated heterocycles. The number of aromatic nitrogens is 3. The summed E-state index contributed by atoms with van der Waals surface area (Å²) in [5.74, 6) is -1.48. The smallest absolute Gasteiger partial charge is 0.365 e. The number of nitrogens with zero attached hydrogens (tertiary/aromatic N) is 3. The van der Waals surface area contributed by atoms with Crippen molar-refractivity contribution < 1.29 is 22.8 Å². The van der Waals surface area contributed by atoms with Gasteiger partial charge in [-0.1, -0.05) is 41.9 Å². The Balaban J connectivity index is 1.89. The molecule has 0 aliphatic rings. The highest BCUT2D eigenvalue weighted by Gasteiger charge is 2.35. The first-order valence-electron chi connectivity index (χ1n) is 9.01. The maximum absolute atomic E-state index is 13.5. The monoisotopic (exact) mass is 479 g/mol. The Morgan fingerprint density at radius 3 is 2.53 bits per heavy atom.